The number of aromatic nitrogens is 3. The van der Waals surface area contributed by atoms with Crippen molar-refractivity contribution in [3.05, 3.63) is 46.5 Å². The van der Waals surface area contributed by atoms with Crippen molar-refractivity contribution in [1.29, 1.82) is 0 Å². The summed E-state index contributed by atoms with van der Waals surface area (Å²) in [6.07, 6.45) is -2.41. The fraction of sp³-hybridized carbons (Fsp3) is 0.357. The number of amides is 1. The van der Waals surface area contributed by atoms with Crippen molar-refractivity contribution in [2.24, 2.45) is 0 Å². The Morgan fingerprint density at radius 3 is 2.68 bits per heavy atom. The van der Waals surface area contributed by atoms with Gasteiger partial charge in [-0.1, -0.05) is 6.07 Å². The van der Waals surface area contributed by atoms with Crippen LogP contribution in [-0.4, -0.2) is 27.6 Å². The van der Waals surface area contributed by atoms with E-state index in [1.165, 1.54) is 6.92 Å². The van der Waals surface area contributed by atoms with Gasteiger partial charge in [-0.25, -0.2) is 0 Å². The van der Waals surface area contributed by atoms with Crippen LogP contribution in [0, 0.1) is 13.8 Å². The number of halogens is 3. The number of rotatable bonds is 4. The van der Waals surface area contributed by atoms with E-state index >= 15 is 0 Å². The predicted molar refractivity (Wildman–Crippen MR) is 73.3 cm³/mol. The van der Waals surface area contributed by atoms with Crippen LogP contribution in [0.15, 0.2) is 18.3 Å². The Morgan fingerprint density at radius 1 is 1.36 bits per heavy atom. The second-order valence-corrected chi connectivity index (χ2v) is 4.84. The minimum Gasteiger partial charge on any atom is -0.350 e. The quantitative estimate of drug-likeness (QED) is 0.911. The first-order chi connectivity index (χ1) is 10.3. The predicted octanol–water partition coefficient (Wildman–Crippen LogP) is 2.41. The molecule has 118 valence electrons. The lowest BCUT2D eigenvalue weighted by molar-refractivity contribution is -0.141. The number of nitrogens with zero attached hydrogens (tertiary/aromatic N) is 2. The Labute approximate surface area is 125 Å². The highest BCUT2D eigenvalue weighted by atomic mass is 19.4. The van der Waals surface area contributed by atoms with E-state index in [2.05, 4.69) is 15.4 Å². The van der Waals surface area contributed by atoms with Crippen molar-refractivity contribution < 1.29 is 18.0 Å². The Kier molecular flexibility index (Phi) is 4.48. The summed E-state index contributed by atoms with van der Waals surface area (Å²) in [6, 6.07) is 3.71. The van der Waals surface area contributed by atoms with Crippen molar-refractivity contribution in [1.82, 2.24) is 20.5 Å². The molecule has 22 heavy (non-hydrogen) atoms. The summed E-state index contributed by atoms with van der Waals surface area (Å²) in [4.78, 5) is 16.1. The average Bonchev–Trinajstić information content (AvgIpc) is 2.82. The molecule has 2 aromatic rings. The summed E-state index contributed by atoms with van der Waals surface area (Å²) in [7, 11) is 0. The molecule has 2 N–H and O–H groups in total. The Balaban J connectivity index is 1.99. The van der Waals surface area contributed by atoms with Gasteiger partial charge in [0, 0.05) is 30.4 Å². The normalized spacial score (nSPS) is 11.5. The van der Waals surface area contributed by atoms with Crippen LogP contribution in [0.25, 0.3) is 0 Å². The lowest BCUT2D eigenvalue weighted by Crippen LogP contribution is -2.27. The van der Waals surface area contributed by atoms with Crippen LogP contribution in [0.5, 0.6) is 0 Å². The van der Waals surface area contributed by atoms with Crippen molar-refractivity contribution in [2.75, 3.05) is 6.54 Å². The van der Waals surface area contributed by atoms with E-state index in [0.717, 1.165) is 11.3 Å². The topological polar surface area (TPSA) is 70.7 Å². The lowest BCUT2D eigenvalue weighted by atomic mass is 10.1. The molecule has 0 saturated carbocycles. The number of nitrogens with one attached hydrogen (secondary N) is 2. The monoisotopic (exact) mass is 312 g/mol. The van der Waals surface area contributed by atoms with Gasteiger partial charge in [-0.3, -0.25) is 14.9 Å². The van der Waals surface area contributed by atoms with E-state index in [1.54, 1.807) is 6.20 Å². The third-order valence-electron chi connectivity index (χ3n) is 3.27. The average molecular weight is 312 g/mol. The summed E-state index contributed by atoms with van der Waals surface area (Å²) >= 11 is 0. The van der Waals surface area contributed by atoms with E-state index in [-0.39, 0.29) is 17.8 Å². The van der Waals surface area contributed by atoms with E-state index in [4.69, 9.17) is 0 Å². The third kappa shape index (κ3) is 3.44. The number of pyridine rings is 1. The fourth-order valence-corrected chi connectivity index (χ4v) is 2.05. The fourth-order valence-electron chi connectivity index (χ4n) is 2.05. The molecule has 0 aromatic carbocycles. The number of carbonyl (C=O) groups is 1. The zero-order chi connectivity index (χ0) is 16.3. The molecule has 0 bridgehead atoms. The number of alkyl halides is 3. The van der Waals surface area contributed by atoms with E-state index in [0.29, 0.717) is 6.42 Å². The van der Waals surface area contributed by atoms with Crippen LogP contribution in [0.2, 0.25) is 0 Å². The van der Waals surface area contributed by atoms with Crippen molar-refractivity contribution in [2.45, 2.75) is 26.4 Å². The molecule has 0 aliphatic carbocycles. The zero-order valence-corrected chi connectivity index (χ0v) is 12.1. The Hall–Kier alpha value is -2.38. The van der Waals surface area contributed by atoms with Crippen molar-refractivity contribution in [3.8, 4) is 0 Å². The first-order valence-corrected chi connectivity index (χ1v) is 6.61. The molecule has 0 saturated heterocycles. The molecule has 2 aromatic heterocycles. The first-order valence-electron chi connectivity index (χ1n) is 6.61. The molecule has 1 amide bonds. The molecule has 0 unspecified atom stereocenters. The van der Waals surface area contributed by atoms with Crippen LogP contribution in [-0.2, 0) is 12.6 Å². The van der Waals surface area contributed by atoms with Gasteiger partial charge in [-0.05, 0) is 25.5 Å². The van der Waals surface area contributed by atoms with Gasteiger partial charge >= 0.3 is 6.18 Å². The molecule has 0 radical (unpaired) electrons. The minimum atomic E-state index is -4.55. The Morgan fingerprint density at radius 2 is 2.09 bits per heavy atom. The summed E-state index contributed by atoms with van der Waals surface area (Å²) < 4.78 is 37.9. The molecular formula is C14H15F3N4O. The summed E-state index contributed by atoms with van der Waals surface area (Å²) in [5.41, 5.74) is 0.367. The Bertz CT molecular complexity index is 679. The SMILES string of the molecule is Cc1cccnc1CCNC(=O)c1n[nH]c(C(F)(F)F)c1C. The number of aromatic amines is 1. The van der Waals surface area contributed by atoms with Gasteiger partial charge in [0.05, 0.1) is 0 Å². The number of hydrogen-bond acceptors (Lipinski definition) is 3. The number of aryl methyl sites for hydroxylation is 1. The van der Waals surface area contributed by atoms with Crippen LogP contribution in [0.4, 0.5) is 13.2 Å². The highest BCUT2D eigenvalue weighted by Gasteiger charge is 2.36. The van der Waals surface area contributed by atoms with Gasteiger partial charge in [0.1, 0.15) is 5.69 Å². The molecule has 2 rings (SSSR count). The molecule has 0 spiro atoms. The molecule has 0 aliphatic heterocycles. The molecular weight excluding hydrogens is 297 g/mol. The van der Waals surface area contributed by atoms with Crippen LogP contribution < -0.4 is 5.32 Å². The van der Waals surface area contributed by atoms with Gasteiger partial charge < -0.3 is 5.32 Å². The number of hydrogen-bond donors (Lipinski definition) is 2. The maximum absolute atomic E-state index is 12.6. The summed E-state index contributed by atoms with van der Waals surface area (Å²) in [6.45, 7) is 3.38. The summed E-state index contributed by atoms with van der Waals surface area (Å²) in [5, 5.41) is 7.87. The van der Waals surface area contributed by atoms with Gasteiger partial charge in [0.2, 0.25) is 0 Å². The van der Waals surface area contributed by atoms with E-state index < -0.39 is 17.8 Å². The molecule has 5 nitrogen and oxygen atoms in total. The first kappa shape index (κ1) is 16.0. The minimum absolute atomic E-state index is 0.209. The highest BCUT2D eigenvalue weighted by molar-refractivity contribution is 5.93. The van der Waals surface area contributed by atoms with Gasteiger partial charge in [-0.15, -0.1) is 0 Å². The summed E-state index contributed by atoms with van der Waals surface area (Å²) in [5.74, 6) is -0.641. The van der Waals surface area contributed by atoms with Crippen LogP contribution in [0.1, 0.15) is 33.0 Å². The second-order valence-electron chi connectivity index (χ2n) is 4.84. The van der Waals surface area contributed by atoms with E-state index in [9.17, 15) is 18.0 Å². The molecule has 0 atom stereocenters. The van der Waals surface area contributed by atoms with Gasteiger partial charge in [-0.2, -0.15) is 18.3 Å². The van der Waals surface area contributed by atoms with Crippen molar-refractivity contribution >= 4 is 5.91 Å². The third-order valence-corrected chi connectivity index (χ3v) is 3.27. The maximum Gasteiger partial charge on any atom is 0.433 e. The molecule has 2 heterocycles. The van der Waals surface area contributed by atoms with Crippen molar-refractivity contribution in [3.63, 3.8) is 0 Å². The molecule has 8 heteroatoms. The molecule has 0 aliphatic rings. The smallest absolute Gasteiger partial charge is 0.350 e. The van der Waals surface area contributed by atoms with Gasteiger partial charge in [0.25, 0.3) is 5.91 Å². The van der Waals surface area contributed by atoms with Crippen LogP contribution in [0.3, 0.4) is 0 Å². The number of H-pyrrole nitrogens is 1. The largest absolute Gasteiger partial charge is 0.433 e. The molecule has 0 fully saturated rings. The number of carbonyl (C=O) groups excluding carboxylic acids is 1. The zero-order valence-electron chi connectivity index (χ0n) is 12.1. The second kappa shape index (κ2) is 6.17. The standard InChI is InChI=1S/C14H15F3N4O/c1-8-4-3-6-18-10(8)5-7-19-13(22)11-9(2)12(21-20-11)14(15,16)17/h3-4,6H,5,7H2,1-2H3,(H,19,22)(H,20,21). The lowest BCUT2D eigenvalue weighted by Gasteiger charge is -2.06. The van der Waals surface area contributed by atoms with Gasteiger partial charge in [0.15, 0.2) is 5.69 Å². The maximum atomic E-state index is 12.6. The highest BCUT2D eigenvalue weighted by Crippen LogP contribution is 2.30. The van der Waals surface area contributed by atoms with E-state index in [1.807, 2.05) is 24.2 Å². The van der Waals surface area contributed by atoms with Crippen LogP contribution >= 0.6 is 0 Å².